The average Bonchev–Trinajstić information content (AvgIpc) is 3.26. The Balaban J connectivity index is 1.70. The minimum atomic E-state index is 0.0523. The number of nitrogens with zero attached hydrogens (tertiary/aromatic N) is 1. The predicted molar refractivity (Wildman–Crippen MR) is 76.5 cm³/mol. The summed E-state index contributed by atoms with van der Waals surface area (Å²) in [5.41, 5.74) is 6.95. The number of pyridine rings is 1. The topological polar surface area (TPSA) is 77.2 Å². The number of hydrogen-bond donors (Lipinski definition) is 2. The monoisotopic (exact) mass is 269 g/mol. The van der Waals surface area contributed by atoms with Crippen molar-refractivity contribution in [2.45, 2.75) is 12.8 Å². The van der Waals surface area contributed by atoms with Gasteiger partial charge in [0.1, 0.15) is 11.5 Å². The number of carbonyl (C=O) groups is 1. The second kappa shape index (κ2) is 5.21. The highest BCUT2D eigenvalue weighted by Gasteiger charge is 2.29. The van der Waals surface area contributed by atoms with Gasteiger partial charge in [0.05, 0.1) is 18.1 Å². The Morgan fingerprint density at radius 3 is 2.65 bits per heavy atom. The van der Waals surface area contributed by atoms with Crippen LogP contribution in [0.5, 0.6) is 11.5 Å². The van der Waals surface area contributed by atoms with Crippen LogP contribution in [0.1, 0.15) is 12.8 Å². The van der Waals surface area contributed by atoms with Crippen LogP contribution in [-0.4, -0.2) is 10.9 Å². The molecule has 2 aromatic rings. The summed E-state index contributed by atoms with van der Waals surface area (Å²) in [5.74, 6) is 1.46. The molecule has 1 fully saturated rings. The summed E-state index contributed by atoms with van der Waals surface area (Å²) in [7, 11) is 0. The number of ether oxygens (including phenoxy) is 1. The van der Waals surface area contributed by atoms with Crippen molar-refractivity contribution in [1.29, 1.82) is 0 Å². The molecule has 0 bridgehead atoms. The lowest BCUT2D eigenvalue weighted by Gasteiger charge is -2.08. The SMILES string of the molecule is Nc1ccc(Oc2cncc(NC(=O)C3CC3)c2)cc1. The molecule has 3 rings (SSSR count). The molecule has 0 unspecified atom stereocenters. The number of carbonyl (C=O) groups excluding carboxylic acids is 1. The van der Waals surface area contributed by atoms with Crippen molar-refractivity contribution in [2.24, 2.45) is 5.92 Å². The van der Waals surface area contributed by atoms with Crippen molar-refractivity contribution in [3.8, 4) is 11.5 Å². The van der Waals surface area contributed by atoms with Crippen LogP contribution >= 0.6 is 0 Å². The van der Waals surface area contributed by atoms with Crippen molar-refractivity contribution in [3.05, 3.63) is 42.7 Å². The Hall–Kier alpha value is -2.56. The fraction of sp³-hybridized carbons (Fsp3) is 0.200. The highest BCUT2D eigenvalue weighted by Crippen LogP contribution is 2.30. The molecule has 20 heavy (non-hydrogen) atoms. The van der Waals surface area contributed by atoms with E-state index in [1.165, 1.54) is 0 Å². The van der Waals surface area contributed by atoms with Gasteiger partial charge in [0.25, 0.3) is 0 Å². The molecule has 102 valence electrons. The van der Waals surface area contributed by atoms with E-state index in [9.17, 15) is 4.79 Å². The first-order chi connectivity index (χ1) is 9.70. The maximum absolute atomic E-state index is 11.7. The Morgan fingerprint density at radius 2 is 1.95 bits per heavy atom. The fourth-order valence-corrected chi connectivity index (χ4v) is 1.80. The highest BCUT2D eigenvalue weighted by molar-refractivity contribution is 5.94. The fourth-order valence-electron chi connectivity index (χ4n) is 1.80. The Labute approximate surface area is 116 Å². The van der Waals surface area contributed by atoms with E-state index in [4.69, 9.17) is 10.5 Å². The molecule has 1 saturated carbocycles. The van der Waals surface area contributed by atoms with Gasteiger partial charge in [0, 0.05) is 17.7 Å². The van der Waals surface area contributed by atoms with Crippen LogP contribution < -0.4 is 15.8 Å². The lowest BCUT2D eigenvalue weighted by atomic mass is 10.3. The molecule has 0 saturated heterocycles. The van der Waals surface area contributed by atoms with E-state index in [1.54, 1.807) is 42.7 Å². The van der Waals surface area contributed by atoms with E-state index in [1.807, 2.05) is 0 Å². The maximum atomic E-state index is 11.7. The smallest absolute Gasteiger partial charge is 0.227 e. The standard InChI is InChI=1S/C15H15N3O2/c16-11-3-5-13(6-4-11)20-14-7-12(8-17-9-14)18-15(19)10-1-2-10/h3-10H,1-2,16H2,(H,18,19). The molecule has 1 aromatic heterocycles. The second-order valence-electron chi connectivity index (χ2n) is 4.84. The summed E-state index contributed by atoms with van der Waals surface area (Å²) >= 11 is 0. The number of anilines is 2. The third-order valence-electron chi connectivity index (χ3n) is 3.04. The minimum Gasteiger partial charge on any atom is -0.456 e. The molecular weight excluding hydrogens is 254 g/mol. The van der Waals surface area contributed by atoms with Gasteiger partial charge in [0.2, 0.25) is 5.91 Å². The lowest BCUT2D eigenvalue weighted by Crippen LogP contribution is -2.13. The van der Waals surface area contributed by atoms with Gasteiger partial charge < -0.3 is 15.8 Å². The first kappa shape index (κ1) is 12.5. The van der Waals surface area contributed by atoms with Crippen molar-refractivity contribution < 1.29 is 9.53 Å². The van der Waals surface area contributed by atoms with Crippen LogP contribution in [0.2, 0.25) is 0 Å². The number of rotatable bonds is 4. The van der Waals surface area contributed by atoms with E-state index in [2.05, 4.69) is 10.3 Å². The van der Waals surface area contributed by atoms with Gasteiger partial charge in [-0.3, -0.25) is 9.78 Å². The van der Waals surface area contributed by atoms with Crippen LogP contribution in [0.25, 0.3) is 0 Å². The van der Waals surface area contributed by atoms with E-state index in [0.29, 0.717) is 22.9 Å². The Kier molecular flexibility index (Phi) is 3.25. The number of aromatic nitrogens is 1. The molecule has 1 aliphatic rings. The lowest BCUT2D eigenvalue weighted by molar-refractivity contribution is -0.117. The third-order valence-corrected chi connectivity index (χ3v) is 3.04. The normalized spacial score (nSPS) is 13.8. The van der Waals surface area contributed by atoms with Gasteiger partial charge in [-0.05, 0) is 37.1 Å². The van der Waals surface area contributed by atoms with E-state index in [-0.39, 0.29) is 11.8 Å². The third kappa shape index (κ3) is 3.06. The number of amides is 1. The Bertz CT molecular complexity index is 621. The quantitative estimate of drug-likeness (QED) is 0.837. The van der Waals surface area contributed by atoms with E-state index in [0.717, 1.165) is 12.8 Å². The zero-order chi connectivity index (χ0) is 13.9. The molecule has 1 heterocycles. The van der Waals surface area contributed by atoms with E-state index >= 15 is 0 Å². The first-order valence-electron chi connectivity index (χ1n) is 6.50. The zero-order valence-corrected chi connectivity index (χ0v) is 10.9. The molecule has 5 heteroatoms. The van der Waals surface area contributed by atoms with E-state index < -0.39 is 0 Å². The summed E-state index contributed by atoms with van der Waals surface area (Å²) in [4.78, 5) is 15.8. The maximum Gasteiger partial charge on any atom is 0.227 e. The molecule has 1 aromatic carbocycles. The van der Waals surface area contributed by atoms with Gasteiger partial charge in [0.15, 0.2) is 0 Å². The minimum absolute atomic E-state index is 0.0523. The van der Waals surface area contributed by atoms with Gasteiger partial charge in [-0.1, -0.05) is 0 Å². The Morgan fingerprint density at radius 1 is 1.20 bits per heavy atom. The largest absolute Gasteiger partial charge is 0.456 e. The van der Waals surface area contributed by atoms with Crippen LogP contribution in [0.3, 0.4) is 0 Å². The zero-order valence-electron chi connectivity index (χ0n) is 10.9. The van der Waals surface area contributed by atoms with Crippen molar-refractivity contribution >= 4 is 17.3 Å². The number of nitrogen functional groups attached to an aromatic ring is 1. The van der Waals surface area contributed by atoms with Crippen molar-refractivity contribution in [3.63, 3.8) is 0 Å². The summed E-state index contributed by atoms with van der Waals surface area (Å²) in [6.45, 7) is 0. The van der Waals surface area contributed by atoms with Gasteiger partial charge in [-0.2, -0.15) is 0 Å². The molecule has 1 amide bonds. The van der Waals surface area contributed by atoms with Crippen LogP contribution in [0, 0.1) is 5.92 Å². The van der Waals surface area contributed by atoms with Gasteiger partial charge in [-0.15, -0.1) is 0 Å². The molecule has 0 radical (unpaired) electrons. The highest BCUT2D eigenvalue weighted by atomic mass is 16.5. The first-order valence-corrected chi connectivity index (χ1v) is 6.50. The molecule has 0 atom stereocenters. The predicted octanol–water partition coefficient (Wildman–Crippen LogP) is 2.80. The van der Waals surface area contributed by atoms with Crippen LogP contribution in [0.4, 0.5) is 11.4 Å². The van der Waals surface area contributed by atoms with Crippen LogP contribution in [-0.2, 0) is 4.79 Å². The molecule has 3 N–H and O–H groups in total. The summed E-state index contributed by atoms with van der Waals surface area (Å²) in [5, 5.41) is 2.84. The molecule has 0 spiro atoms. The molecule has 0 aliphatic heterocycles. The van der Waals surface area contributed by atoms with Gasteiger partial charge >= 0.3 is 0 Å². The van der Waals surface area contributed by atoms with Crippen molar-refractivity contribution in [2.75, 3.05) is 11.1 Å². The summed E-state index contributed by atoms with van der Waals surface area (Å²) in [6, 6.07) is 8.85. The number of hydrogen-bond acceptors (Lipinski definition) is 4. The second-order valence-corrected chi connectivity index (χ2v) is 4.84. The molecular formula is C15H15N3O2. The number of benzene rings is 1. The number of nitrogens with two attached hydrogens (primary N) is 1. The van der Waals surface area contributed by atoms with Crippen molar-refractivity contribution in [1.82, 2.24) is 4.98 Å². The molecule has 1 aliphatic carbocycles. The van der Waals surface area contributed by atoms with Crippen LogP contribution in [0.15, 0.2) is 42.7 Å². The average molecular weight is 269 g/mol. The number of nitrogens with one attached hydrogen (secondary N) is 1. The summed E-state index contributed by atoms with van der Waals surface area (Å²) < 4.78 is 5.66. The van der Waals surface area contributed by atoms with Gasteiger partial charge in [-0.25, -0.2) is 0 Å². The molecule has 5 nitrogen and oxygen atoms in total. The summed E-state index contributed by atoms with van der Waals surface area (Å²) in [6.07, 6.45) is 5.15.